The van der Waals surface area contributed by atoms with E-state index in [2.05, 4.69) is 5.32 Å². The number of rotatable bonds is 9. The number of hydrogen-bond acceptors (Lipinski definition) is 6. The lowest BCUT2D eigenvalue weighted by Crippen LogP contribution is -2.27. The standard InChI is InChI=1S/C24H29NO6/c1-6-29-20-13-10-17(14-21(20)30-7-2)22(27)31-15-19(26)16-8-11-18(12-9-16)25-23(28)24(3,4)5/h8-14H,6-7,15H2,1-5H3,(H,25,28). The molecule has 7 nitrogen and oxygen atoms in total. The molecule has 0 heterocycles. The van der Waals surface area contributed by atoms with E-state index >= 15 is 0 Å². The number of hydrogen-bond donors (Lipinski definition) is 1. The van der Waals surface area contributed by atoms with Crippen molar-refractivity contribution < 1.29 is 28.6 Å². The largest absolute Gasteiger partial charge is 0.490 e. The summed E-state index contributed by atoms with van der Waals surface area (Å²) in [6.45, 7) is 9.63. The van der Waals surface area contributed by atoms with E-state index in [-0.39, 0.29) is 17.3 Å². The highest BCUT2D eigenvalue weighted by atomic mass is 16.5. The van der Waals surface area contributed by atoms with Crippen LogP contribution in [0.2, 0.25) is 0 Å². The van der Waals surface area contributed by atoms with Crippen molar-refractivity contribution in [2.45, 2.75) is 34.6 Å². The summed E-state index contributed by atoms with van der Waals surface area (Å²) in [6, 6.07) is 11.2. The Labute approximate surface area is 182 Å². The number of benzene rings is 2. The van der Waals surface area contributed by atoms with Crippen LogP contribution >= 0.6 is 0 Å². The number of ether oxygens (including phenoxy) is 3. The molecule has 0 atom stereocenters. The lowest BCUT2D eigenvalue weighted by molar-refractivity contribution is -0.123. The first-order valence-electron chi connectivity index (χ1n) is 10.2. The number of ketones is 1. The zero-order valence-electron chi connectivity index (χ0n) is 18.6. The van der Waals surface area contributed by atoms with E-state index in [0.29, 0.717) is 36.0 Å². The number of carbonyl (C=O) groups excluding carboxylic acids is 3. The van der Waals surface area contributed by atoms with E-state index < -0.39 is 18.0 Å². The predicted molar refractivity (Wildman–Crippen MR) is 118 cm³/mol. The van der Waals surface area contributed by atoms with Gasteiger partial charge in [0, 0.05) is 16.7 Å². The van der Waals surface area contributed by atoms with E-state index in [9.17, 15) is 14.4 Å². The Balaban J connectivity index is 1.98. The zero-order valence-corrected chi connectivity index (χ0v) is 18.6. The number of anilines is 1. The van der Waals surface area contributed by atoms with Gasteiger partial charge in [-0.2, -0.15) is 0 Å². The molecule has 0 saturated heterocycles. The van der Waals surface area contributed by atoms with E-state index in [1.807, 2.05) is 34.6 Å². The fourth-order valence-corrected chi connectivity index (χ4v) is 2.53. The minimum atomic E-state index is -0.633. The molecule has 31 heavy (non-hydrogen) atoms. The van der Waals surface area contributed by atoms with Crippen LogP contribution in [0.5, 0.6) is 11.5 Å². The quantitative estimate of drug-likeness (QED) is 0.468. The smallest absolute Gasteiger partial charge is 0.338 e. The van der Waals surface area contributed by atoms with Gasteiger partial charge in [0.05, 0.1) is 18.8 Å². The van der Waals surface area contributed by atoms with Gasteiger partial charge in [0.25, 0.3) is 0 Å². The normalized spacial score (nSPS) is 10.9. The third kappa shape index (κ3) is 6.84. The van der Waals surface area contributed by atoms with Crippen LogP contribution in [0.15, 0.2) is 42.5 Å². The molecule has 7 heteroatoms. The van der Waals surface area contributed by atoms with Gasteiger partial charge in [-0.25, -0.2) is 4.79 Å². The van der Waals surface area contributed by atoms with Gasteiger partial charge in [-0.05, 0) is 56.3 Å². The van der Waals surface area contributed by atoms with Crippen LogP contribution < -0.4 is 14.8 Å². The topological polar surface area (TPSA) is 90.9 Å². The highest BCUT2D eigenvalue weighted by Gasteiger charge is 2.21. The van der Waals surface area contributed by atoms with Crippen LogP contribution in [0.1, 0.15) is 55.3 Å². The molecular formula is C24H29NO6. The summed E-state index contributed by atoms with van der Waals surface area (Å²) in [5, 5.41) is 2.79. The van der Waals surface area contributed by atoms with Gasteiger partial charge in [-0.15, -0.1) is 0 Å². The first-order valence-corrected chi connectivity index (χ1v) is 10.2. The molecule has 0 fully saturated rings. The third-order valence-electron chi connectivity index (χ3n) is 4.26. The van der Waals surface area contributed by atoms with Crippen LogP contribution in [-0.4, -0.2) is 37.5 Å². The highest BCUT2D eigenvalue weighted by Crippen LogP contribution is 2.29. The number of amides is 1. The molecule has 2 rings (SSSR count). The lowest BCUT2D eigenvalue weighted by Gasteiger charge is -2.17. The minimum absolute atomic E-state index is 0.123. The van der Waals surface area contributed by atoms with Crippen molar-refractivity contribution in [3.63, 3.8) is 0 Å². The van der Waals surface area contributed by atoms with Crippen molar-refractivity contribution in [1.82, 2.24) is 0 Å². The summed E-state index contributed by atoms with van der Waals surface area (Å²) in [5.41, 5.74) is 0.709. The van der Waals surface area contributed by atoms with Crippen molar-refractivity contribution in [3.05, 3.63) is 53.6 Å². The average molecular weight is 427 g/mol. The SMILES string of the molecule is CCOc1ccc(C(=O)OCC(=O)c2ccc(NC(=O)C(C)(C)C)cc2)cc1OCC. The summed E-state index contributed by atoms with van der Waals surface area (Å²) in [6.07, 6.45) is 0. The van der Waals surface area contributed by atoms with Crippen molar-refractivity contribution in [2.75, 3.05) is 25.1 Å². The Hall–Kier alpha value is -3.35. The Bertz CT molecular complexity index is 928. The molecule has 0 radical (unpaired) electrons. The Morgan fingerprint density at radius 1 is 0.839 bits per heavy atom. The summed E-state index contributed by atoms with van der Waals surface area (Å²) in [7, 11) is 0. The van der Waals surface area contributed by atoms with Crippen LogP contribution in [0.25, 0.3) is 0 Å². The molecule has 166 valence electrons. The van der Waals surface area contributed by atoms with E-state index in [4.69, 9.17) is 14.2 Å². The van der Waals surface area contributed by atoms with Gasteiger partial charge >= 0.3 is 5.97 Å². The van der Waals surface area contributed by atoms with Gasteiger partial charge < -0.3 is 19.5 Å². The van der Waals surface area contributed by atoms with Crippen molar-refractivity contribution in [2.24, 2.45) is 5.41 Å². The summed E-state index contributed by atoms with van der Waals surface area (Å²) in [5.74, 6) is -0.125. The average Bonchev–Trinajstić information content (AvgIpc) is 2.73. The Kier molecular flexibility index (Phi) is 8.19. The highest BCUT2D eigenvalue weighted by molar-refractivity contribution is 6.00. The molecule has 0 unspecified atom stereocenters. The van der Waals surface area contributed by atoms with Crippen LogP contribution in [-0.2, 0) is 9.53 Å². The fraction of sp³-hybridized carbons (Fsp3) is 0.375. The van der Waals surface area contributed by atoms with Crippen LogP contribution in [0.3, 0.4) is 0 Å². The first-order chi connectivity index (χ1) is 14.7. The molecule has 0 spiro atoms. The Morgan fingerprint density at radius 3 is 2.00 bits per heavy atom. The van der Waals surface area contributed by atoms with Crippen LogP contribution in [0, 0.1) is 5.41 Å². The first kappa shape index (κ1) is 23.9. The molecule has 0 saturated carbocycles. The minimum Gasteiger partial charge on any atom is -0.490 e. The second-order valence-corrected chi connectivity index (χ2v) is 7.81. The Morgan fingerprint density at radius 2 is 1.42 bits per heavy atom. The zero-order chi connectivity index (χ0) is 23.0. The van der Waals surface area contributed by atoms with E-state index in [1.165, 1.54) is 6.07 Å². The number of nitrogens with one attached hydrogen (secondary N) is 1. The van der Waals surface area contributed by atoms with Gasteiger partial charge in [0.15, 0.2) is 23.9 Å². The molecule has 0 aliphatic heterocycles. The summed E-state index contributed by atoms with van der Waals surface area (Å²) >= 11 is 0. The third-order valence-corrected chi connectivity index (χ3v) is 4.26. The molecule has 2 aromatic rings. The van der Waals surface area contributed by atoms with Gasteiger partial charge in [-0.1, -0.05) is 20.8 Å². The number of carbonyl (C=O) groups is 3. The molecule has 0 aliphatic carbocycles. The lowest BCUT2D eigenvalue weighted by atomic mass is 9.95. The number of Topliss-reactive ketones (excluding diaryl/α,β-unsaturated/α-hetero) is 1. The molecule has 0 aliphatic rings. The van der Waals surface area contributed by atoms with Gasteiger partial charge in [0.2, 0.25) is 5.91 Å². The molecule has 1 N–H and O–H groups in total. The molecule has 1 amide bonds. The van der Waals surface area contributed by atoms with Crippen molar-refractivity contribution >= 4 is 23.3 Å². The fourth-order valence-electron chi connectivity index (χ4n) is 2.53. The maximum atomic E-state index is 12.4. The summed E-state index contributed by atoms with van der Waals surface area (Å²) < 4.78 is 16.1. The molecular weight excluding hydrogens is 398 g/mol. The van der Waals surface area contributed by atoms with Gasteiger partial charge in [-0.3, -0.25) is 9.59 Å². The molecule has 0 bridgehead atoms. The predicted octanol–water partition coefficient (Wildman–Crippen LogP) is 4.51. The van der Waals surface area contributed by atoms with Crippen LogP contribution in [0.4, 0.5) is 5.69 Å². The second-order valence-electron chi connectivity index (χ2n) is 7.81. The number of esters is 1. The van der Waals surface area contributed by atoms with Gasteiger partial charge in [0.1, 0.15) is 0 Å². The van der Waals surface area contributed by atoms with Crippen molar-refractivity contribution in [1.29, 1.82) is 0 Å². The summed E-state index contributed by atoms with van der Waals surface area (Å²) in [4.78, 5) is 36.8. The monoisotopic (exact) mass is 427 g/mol. The van der Waals surface area contributed by atoms with E-state index in [1.54, 1.807) is 36.4 Å². The maximum absolute atomic E-state index is 12.4. The molecule has 2 aromatic carbocycles. The van der Waals surface area contributed by atoms with E-state index in [0.717, 1.165) is 0 Å². The van der Waals surface area contributed by atoms with Crippen molar-refractivity contribution in [3.8, 4) is 11.5 Å². The maximum Gasteiger partial charge on any atom is 0.338 e. The molecule has 0 aromatic heterocycles. The second kappa shape index (κ2) is 10.6.